The molecule has 7 nitrogen and oxygen atoms in total. The second kappa shape index (κ2) is 7.76. The quantitative estimate of drug-likeness (QED) is 0.674. The summed E-state index contributed by atoms with van der Waals surface area (Å²) in [6.07, 6.45) is 1.45. The first-order valence-electron chi connectivity index (χ1n) is 8.46. The van der Waals surface area contributed by atoms with E-state index in [4.69, 9.17) is 0 Å². The van der Waals surface area contributed by atoms with E-state index in [1.165, 1.54) is 6.20 Å². The van der Waals surface area contributed by atoms with Gasteiger partial charge in [-0.1, -0.05) is 25.1 Å². The Balaban J connectivity index is 1.82. The SMILES string of the molecule is Cc1nn(CC(C)C(=O)Nc2c(C#N)cnn2-c2ccccc2)c(C)c1Br. The number of aryl methyl sites for hydroxylation is 1. The van der Waals surface area contributed by atoms with Crippen molar-refractivity contribution in [2.24, 2.45) is 5.92 Å². The molecule has 0 radical (unpaired) electrons. The molecule has 27 heavy (non-hydrogen) atoms. The molecule has 0 fully saturated rings. The van der Waals surface area contributed by atoms with E-state index in [-0.39, 0.29) is 11.8 Å². The molecule has 0 aliphatic rings. The molecule has 0 bridgehead atoms. The maximum Gasteiger partial charge on any atom is 0.230 e. The van der Waals surface area contributed by atoms with Gasteiger partial charge in [0.25, 0.3) is 0 Å². The molecule has 0 aliphatic heterocycles. The highest BCUT2D eigenvalue weighted by Crippen LogP contribution is 2.22. The zero-order chi connectivity index (χ0) is 19.6. The van der Waals surface area contributed by atoms with Gasteiger partial charge in [-0.3, -0.25) is 9.48 Å². The number of hydrogen-bond acceptors (Lipinski definition) is 4. The van der Waals surface area contributed by atoms with Gasteiger partial charge in [0, 0.05) is 5.69 Å². The van der Waals surface area contributed by atoms with Gasteiger partial charge in [0.05, 0.1) is 34.5 Å². The van der Waals surface area contributed by atoms with Crippen molar-refractivity contribution in [2.45, 2.75) is 27.3 Å². The van der Waals surface area contributed by atoms with Gasteiger partial charge in [0.2, 0.25) is 5.91 Å². The Morgan fingerprint density at radius 3 is 2.63 bits per heavy atom. The van der Waals surface area contributed by atoms with Crippen molar-refractivity contribution < 1.29 is 4.79 Å². The fourth-order valence-electron chi connectivity index (χ4n) is 2.75. The second-order valence-corrected chi connectivity index (χ2v) is 7.12. The zero-order valence-corrected chi connectivity index (χ0v) is 16.9. The highest BCUT2D eigenvalue weighted by atomic mass is 79.9. The summed E-state index contributed by atoms with van der Waals surface area (Å²) in [6.45, 7) is 6.13. The molecule has 1 unspecified atom stereocenters. The summed E-state index contributed by atoms with van der Waals surface area (Å²) in [4.78, 5) is 12.8. The first-order chi connectivity index (χ1) is 12.9. The van der Waals surface area contributed by atoms with Crippen LogP contribution in [0.25, 0.3) is 5.69 Å². The molecule has 0 aliphatic carbocycles. The second-order valence-electron chi connectivity index (χ2n) is 6.32. The number of nitrogens with one attached hydrogen (secondary N) is 1. The average molecular weight is 427 g/mol. The first-order valence-corrected chi connectivity index (χ1v) is 9.25. The Bertz CT molecular complexity index is 1010. The Morgan fingerprint density at radius 2 is 2.04 bits per heavy atom. The molecule has 1 atom stereocenters. The number of benzene rings is 1. The van der Waals surface area contributed by atoms with Crippen LogP contribution in [0.5, 0.6) is 0 Å². The number of amides is 1. The van der Waals surface area contributed by atoms with E-state index >= 15 is 0 Å². The summed E-state index contributed by atoms with van der Waals surface area (Å²) >= 11 is 3.50. The average Bonchev–Trinajstić information content (AvgIpc) is 3.18. The summed E-state index contributed by atoms with van der Waals surface area (Å²) in [5, 5.41) is 20.9. The molecule has 3 rings (SSSR count). The lowest BCUT2D eigenvalue weighted by Gasteiger charge is -2.15. The maximum absolute atomic E-state index is 12.8. The number of hydrogen-bond donors (Lipinski definition) is 1. The first kappa shape index (κ1) is 18.9. The van der Waals surface area contributed by atoms with Gasteiger partial charge < -0.3 is 5.32 Å². The van der Waals surface area contributed by atoms with Crippen molar-refractivity contribution >= 4 is 27.7 Å². The molecular weight excluding hydrogens is 408 g/mol. The Hall–Kier alpha value is -2.92. The van der Waals surface area contributed by atoms with Crippen molar-refractivity contribution in [3.8, 4) is 11.8 Å². The van der Waals surface area contributed by atoms with Gasteiger partial charge in [0.1, 0.15) is 11.6 Å². The van der Waals surface area contributed by atoms with Crippen LogP contribution in [0.4, 0.5) is 5.82 Å². The monoisotopic (exact) mass is 426 g/mol. The summed E-state index contributed by atoms with van der Waals surface area (Å²) in [6, 6.07) is 11.4. The van der Waals surface area contributed by atoms with Crippen LogP contribution in [0.15, 0.2) is 41.0 Å². The lowest BCUT2D eigenvalue weighted by atomic mass is 10.1. The Morgan fingerprint density at radius 1 is 1.33 bits per heavy atom. The van der Waals surface area contributed by atoms with E-state index < -0.39 is 0 Å². The van der Waals surface area contributed by atoms with Crippen LogP contribution in [-0.4, -0.2) is 25.5 Å². The van der Waals surface area contributed by atoms with Crippen molar-refractivity contribution in [1.29, 1.82) is 5.26 Å². The summed E-state index contributed by atoms with van der Waals surface area (Å²) in [7, 11) is 0. The Labute approximate surface area is 165 Å². The highest BCUT2D eigenvalue weighted by molar-refractivity contribution is 9.10. The normalized spacial score (nSPS) is 11.8. The fraction of sp³-hybridized carbons (Fsp3) is 0.263. The number of nitrogens with zero attached hydrogens (tertiary/aromatic N) is 5. The summed E-state index contributed by atoms with van der Waals surface area (Å²) in [5.74, 6) is -0.177. The van der Waals surface area contributed by atoms with Gasteiger partial charge in [-0.15, -0.1) is 0 Å². The van der Waals surface area contributed by atoms with Gasteiger partial charge in [-0.05, 0) is 41.9 Å². The third-order valence-electron chi connectivity index (χ3n) is 4.32. The minimum absolute atomic E-state index is 0.201. The predicted octanol–water partition coefficient (Wildman–Crippen LogP) is 3.59. The predicted molar refractivity (Wildman–Crippen MR) is 105 cm³/mol. The molecule has 1 aromatic carbocycles. The van der Waals surface area contributed by atoms with E-state index in [0.717, 1.165) is 21.5 Å². The maximum atomic E-state index is 12.8. The van der Waals surface area contributed by atoms with Crippen LogP contribution >= 0.6 is 15.9 Å². The standard InChI is InChI=1S/C19H19BrN6O/c1-12(11-25-14(3)17(20)13(2)24-25)19(27)23-18-15(9-21)10-22-26(18)16-7-5-4-6-8-16/h4-8,10,12H,11H2,1-3H3,(H,23,27). The van der Waals surface area contributed by atoms with Crippen LogP contribution in [0.2, 0.25) is 0 Å². The lowest BCUT2D eigenvalue weighted by Crippen LogP contribution is -2.26. The number of halogens is 1. The van der Waals surface area contributed by atoms with Crippen molar-refractivity contribution in [3.05, 3.63) is 58.0 Å². The Kier molecular flexibility index (Phi) is 5.42. The minimum Gasteiger partial charge on any atom is -0.309 e. The van der Waals surface area contributed by atoms with E-state index in [9.17, 15) is 10.1 Å². The smallest absolute Gasteiger partial charge is 0.230 e. The van der Waals surface area contributed by atoms with Crippen molar-refractivity contribution in [3.63, 3.8) is 0 Å². The van der Waals surface area contributed by atoms with Crippen LogP contribution in [0, 0.1) is 31.1 Å². The van der Waals surface area contributed by atoms with Crippen molar-refractivity contribution in [2.75, 3.05) is 5.32 Å². The number of rotatable bonds is 5. The fourth-order valence-corrected chi connectivity index (χ4v) is 3.03. The molecule has 8 heteroatoms. The number of anilines is 1. The lowest BCUT2D eigenvalue weighted by molar-refractivity contribution is -0.119. The molecule has 3 aromatic rings. The summed E-state index contributed by atoms with van der Waals surface area (Å²) in [5.41, 5.74) is 2.94. The van der Waals surface area contributed by atoms with Crippen LogP contribution < -0.4 is 5.32 Å². The van der Waals surface area contributed by atoms with Gasteiger partial charge >= 0.3 is 0 Å². The number of carbonyl (C=O) groups is 1. The largest absolute Gasteiger partial charge is 0.309 e. The van der Waals surface area contributed by atoms with E-state index in [1.54, 1.807) is 4.68 Å². The van der Waals surface area contributed by atoms with Gasteiger partial charge in [-0.2, -0.15) is 15.5 Å². The molecule has 138 valence electrons. The third kappa shape index (κ3) is 3.78. The topological polar surface area (TPSA) is 88.5 Å². The molecule has 0 saturated heterocycles. The highest BCUT2D eigenvalue weighted by Gasteiger charge is 2.21. The minimum atomic E-state index is -0.347. The molecule has 2 heterocycles. The summed E-state index contributed by atoms with van der Waals surface area (Å²) < 4.78 is 4.32. The molecule has 0 saturated carbocycles. The van der Waals surface area contributed by atoms with E-state index in [0.29, 0.717) is 17.9 Å². The number of aromatic nitrogens is 4. The van der Waals surface area contributed by atoms with Crippen LogP contribution in [0.1, 0.15) is 23.9 Å². The number of nitriles is 1. The van der Waals surface area contributed by atoms with Gasteiger partial charge in [0.15, 0.2) is 5.82 Å². The van der Waals surface area contributed by atoms with Crippen molar-refractivity contribution in [1.82, 2.24) is 19.6 Å². The molecule has 1 amide bonds. The third-order valence-corrected chi connectivity index (χ3v) is 5.47. The number of para-hydroxylation sites is 1. The van der Waals surface area contributed by atoms with E-state index in [2.05, 4.69) is 37.5 Å². The molecule has 2 aromatic heterocycles. The molecule has 0 spiro atoms. The van der Waals surface area contributed by atoms with E-state index in [1.807, 2.05) is 55.8 Å². The van der Waals surface area contributed by atoms with Crippen LogP contribution in [0.3, 0.4) is 0 Å². The zero-order valence-electron chi connectivity index (χ0n) is 15.3. The van der Waals surface area contributed by atoms with Gasteiger partial charge in [-0.25, -0.2) is 4.68 Å². The van der Waals surface area contributed by atoms with Crippen LogP contribution in [-0.2, 0) is 11.3 Å². The number of carbonyl (C=O) groups excluding carboxylic acids is 1. The molecule has 1 N–H and O–H groups in total. The molecular formula is C19H19BrN6O.